The fourth-order valence-corrected chi connectivity index (χ4v) is 13.9. The van der Waals surface area contributed by atoms with Crippen LogP contribution in [-0.2, 0) is 10.8 Å². The van der Waals surface area contributed by atoms with Crippen LogP contribution in [0, 0.1) is 23.3 Å². The molecule has 0 radical (unpaired) electrons. The lowest BCUT2D eigenvalue weighted by molar-refractivity contribution is 0.481. The minimum absolute atomic E-state index is 0.264. The van der Waals surface area contributed by atoms with Crippen molar-refractivity contribution in [1.82, 2.24) is 0 Å². The van der Waals surface area contributed by atoms with Crippen LogP contribution in [0.25, 0.3) is 56.7 Å². The molecule has 2 aliphatic carbocycles. The van der Waals surface area contributed by atoms with Gasteiger partial charge in [-0.05, 0) is 186 Å². The van der Waals surface area contributed by atoms with Gasteiger partial charge >= 0.3 is 0 Å². The highest BCUT2D eigenvalue weighted by atomic mass is 19.1. The maximum Gasteiger partial charge on any atom is 0.130 e. The molecule has 91 heavy (non-hydrogen) atoms. The molecule has 436 valence electrons. The zero-order chi connectivity index (χ0) is 61.8. The molecule has 0 saturated carbocycles. The minimum atomic E-state index is -1.34. The van der Waals surface area contributed by atoms with Gasteiger partial charge in [0.2, 0.25) is 0 Å². The minimum Gasteiger partial charge on any atom is -0.457 e. The third-order valence-corrected chi connectivity index (χ3v) is 17.9. The second-order valence-corrected chi connectivity index (χ2v) is 22.9. The molecule has 0 saturated heterocycles. The van der Waals surface area contributed by atoms with E-state index in [1.165, 1.54) is 12.1 Å². The fourth-order valence-electron chi connectivity index (χ4n) is 13.9. The first-order valence-corrected chi connectivity index (χ1v) is 30.1. The normalized spacial score (nSPS) is 15.0. The van der Waals surface area contributed by atoms with Gasteiger partial charge in [-0.25, -0.2) is 17.6 Å². The molecule has 0 spiro atoms. The van der Waals surface area contributed by atoms with Gasteiger partial charge in [0.25, 0.3) is 0 Å². The van der Waals surface area contributed by atoms with Crippen molar-refractivity contribution in [1.29, 1.82) is 0 Å². The highest BCUT2D eigenvalue weighted by Crippen LogP contribution is 2.61. The van der Waals surface area contributed by atoms with Gasteiger partial charge in [0.05, 0.1) is 10.8 Å². The molecule has 2 unspecified atom stereocenters. The summed E-state index contributed by atoms with van der Waals surface area (Å²) in [6.07, 6.45) is 3.55. The van der Waals surface area contributed by atoms with E-state index >= 15 is 17.6 Å². The Labute approximate surface area is 526 Å². The largest absolute Gasteiger partial charge is 0.457 e. The summed E-state index contributed by atoms with van der Waals surface area (Å²) >= 11 is 0. The van der Waals surface area contributed by atoms with E-state index in [0.29, 0.717) is 34.4 Å². The molecule has 0 bridgehead atoms. The van der Waals surface area contributed by atoms with Crippen LogP contribution in [0.3, 0.4) is 0 Å². The summed E-state index contributed by atoms with van der Waals surface area (Å²) in [4.78, 5) is 2.20. The highest BCUT2D eigenvalue weighted by Gasteiger charge is 2.50. The Morgan fingerprint density at radius 2 is 0.659 bits per heavy atom. The summed E-state index contributed by atoms with van der Waals surface area (Å²) < 4.78 is 78.4. The topological polar surface area (TPSA) is 21.7 Å². The van der Waals surface area contributed by atoms with Crippen LogP contribution in [0.2, 0.25) is 0 Å². The molecule has 0 N–H and O–H groups in total. The van der Waals surface area contributed by atoms with Crippen LogP contribution in [0.15, 0.2) is 310 Å². The van der Waals surface area contributed by atoms with Crippen molar-refractivity contribution >= 4 is 29.2 Å². The predicted octanol–water partition coefficient (Wildman–Crippen LogP) is 22.6. The maximum atomic E-state index is 17.4. The van der Waals surface area contributed by atoms with Gasteiger partial charge in [0.1, 0.15) is 46.3 Å². The Kier molecular flexibility index (Phi) is 14.1. The average molecular weight is 1190 g/mol. The SMILES string of the molecule is C=Cc1ccc(Oc2ccc(C3(c4ccc(F)cc4F)c4ccccc4-c4ccc(N(c5cccc(-c6ccccc6-c6ccccc6)c5)c5ccc6c(c5)C(c5ccc(Oc7ccc(C=C)cc7)cc5)(c5ccc(F)cc5F)c5ccccc5-6)cc43)cc2)cc1. The number of ether oxygens (including phenoxy) is 2. The number of anilines is 3. The van der Waals surface area contributed by atoms with Gasteiger partial charge in [-0.3, -0.25) is 0 Å². The van der Waals surface area contributed by atoms with Crippen LogP contribution in [-0.4, -0.2) is 0 Å². The highest BCUT2D eigenvalue weighted by molar-refractivity contribution is 5.94. The van der Waals surface area contributed by atoms with Gasteiger partial charge in [-0.2, -0.15) is 0 Å². The van der Waals surface area contributed by atoms with Crippen LogP contribution in [0.4, 0.5) is 34.6 Å². The molecule has 0 heterocycles. The standard InChI is InChI=1S/C84H55F4NO2/c1-3-54-25-37-65(38-26-54)90-67-41-29-58(30-42-67)83(77-47-33-60(85)50-81(77)87)75-23-12-10-21-71(75)73-45-35-63(52-79(73)83)89(62-18-14-17-57(49-62)70-20-9-8-19-69(70)56-15-6-5-7-16-56)64-36-46-74-72-22-11-13-24-76(72)84(80(74)53-64,78-48-34-61(86)51-82(78)88)59-31-43-68(44-32-59)91-66-39-27-55(4-2)28-40-66/h3-53H,1-2H2. The number of hydrogen-bond donors (Lipinski definition) is 0. The molecule has 2 atom stereocenters. The average Bonchev–Trinajstić information content (AvgIpc) is 1.58. The summed E-state index contributed by atoms with van der Waals surface area (Å²) in [6.45, 7) is 7.77. The molecule has 3 nitrogen and oxygen atoms in total. The van der Waals surface area contributed by atoms with Gasteiger partial charge in [0.15, 0.2) is 0 Å². The smallest absolute Gasteiger partial charge is 0.130 e. The van der Waals surface area contributed by atoms with E-state index in [2.05, 4.69) is 115 Å². The summed E-state index contributed by atoms with van der Waals surface area (Å²) in [5.41, 5.74) is 14.2. The van der Waals surface area contributed by atoms with Crippen molar-refractivity contribution in [3.05, 3.63) is 389 Å². The van der Waals surface area contributed by atoms with E-state index in [-0.39, 0.29) is 11.1 Å². The van der Waals surface area contributed by atoms with E-state index in [1.807, 2.05) is 164 Å². The molecule has 0 fully saturated rings. The van der Waals surface area contributed by atoms with Gasteiger partial charge in [-0.15, -0.1) is 0 Å². The predicted molar refractivity (Wildman–Crippen MR) is 360 cm³/mol. The number of nitrogens with zero attached hydrogens (tertiary/aromatic N) is 1. The van der Waals surface area contributed by atoms with E-state index in [9.17, 15) is 0 Å². The van der Waals surface area contributed by atoms with Gasteiger partial charge < -0.3 is 14.4 Å². The second kappa shape index (κ2) is 22.9. The molecule has 2 aliphatic rings. The van der Waals surface area contributed by atoms with Crippen LogP contribution in [0.1, 0.15) is 55.6 Å². The zero-order valence-electron chi connectivity index (χ0n) is 49.1. The van der Waals surface area contributed by atoms with Crippen molar-refractivity contribution in [3.63, 3.8) is 0 Å². The van der Waals surface area contributed by atoms with Crippen LogP contribution in [0.5, 0.6) is 23.0 Å². The van der Waals surface area contributed by atoms with E-state index in [4.69, 9.17) is 9.47 Å². The molecule has 7 heteroatoms. The Hall–Kier alpha value is -11.5. The van der Waals surface area contributed by atoms with Crippen molar-refractivity contribution in [3.8, 4) is 67.5 Å². The molecule has 0 aromatic heterocycles. The van der Waals surface area contributed by atoms with Crippen LogP contribution < -0.4 is 14.4 Å². The van der Waals surface area contributed by atoms with Crippen LogP contribution >= 0.6 is 0 Å². The van der Waals surface area contributed by atoms with Gasteiger partial charge in [-0.1, -0.05) is 213 Å². The second-order valence-electron chi connectivity index (χ2n) is 22.9. The summed E-state index contributed by atoms with van der Waals surface area (Å²) in [5.74, 6) is -0.399. The molecular formula is C84H55F4NO2. The number of fused-ring (bicyclic) bond motifs is 6. The summed E-state index contributed by atoms with van der Waals surface area (Å²) in [6, 6.07) is 94.1. The van der Waals surface area contributed by atoms with Crippen molar-refractivity contribution in [2.75, 3.05) is 4.90 Å². The number of hydrogen-bond acceptors (Lipinski definition) is 3. The lowest BCUT2D eigenvalue weighted by Crippen LogP contribution is -2.30. The maximum absolute atomic E-state index is 17.4. The zero-order valence-corrected chi connectivity index (χ0v) is 49.1. The summed E-state index contributed by atoms with van der Waals surface area (Å²) in [7, 11) is 0. The number of halogens is 4. The molecule has 15 rings (SSSR count). The lowest BCUT2D eigenvalue weighted by atomic mass is 9.67. The third kappa shape index (κ3) is 9.52. The fraction of sp³-hybridized carbons (Fsp3) is 0.0238. The first-order valence-electron chi connectivity index (χ1n) is 30.1. The Morgan fingerprint density at radius 1 is 0.286 bits per heavy atom. The lowest BCUT2D eigenvalue weighted by Gasteiger charge is -2.36. The molecule has 13 aromatic carbocycles. The van der Waals surface area contributed by atoms with Crippen molar-refractivity contribution < 1.29 is 27.0 Å². The molecular weight excluding hydrogens is 1130 g/mol. The first-order chi connectivity index (χ1) is 44.6. The Morgan fingerprint density at radius 3 is 1.10 bits per heavy atom. The molecule has 0 aliphatic heterocycles. The van der Waals surface area contributed by atoms with Crippen molar-refractivity contribution in [2.24, 2.45) is 0 Å². The quantitative estimate of drug-likeness (QED) is 0.0955. The third-order valence-electron chi connectivity index (χ3n) is 17.9. The molecule has 13 aromatic rings. The monoisotopic (exact) mass is 1190 g/mol. The summed E-state index contributed by atoms with van der Waals surface area (Å²) in [5, 5.41) is 0. The number of benzene rings is 13. The van der Waals surface area contributed by atoms with Crippen molar-refractivity contribution in [2.45, 2.75) is 10.8 Å². The van der Waals surface area contributed by atoms with E-state index in [0.717, 1.165) is 107 Å². The Bertz CT molecular complexity index is 4720. The first kappa shape index (κ1) is 56.0. The van der Waals surface area contributed by atoms with E-state index in [1.54, 1.807) is 24.3 Å². The number of rotatable bonds is 15. The van der Waals surface area contributed by atoms with E-state index < -0.39 is 34.1 Å². The Balaban J connectivity index is 0.966. The van der Waals surface area contributed by atoms with Gasteiger partial charge in [0, 0.05) is 40.3 Å². The molecule has 0 amide bonds.